The van der Waals surface area contributed by atoms with E-state index in [1.54, 1.807) is 18.2 Å². The van der Waals surface area contributed by atoms with Crippen LogP contribution in [-0.2, 0) is 10.0 Å². The molecule has 0 aliphatic rings. The van der Waals surface area contributed by atoms with Crippen LogP contribution in [0.4, 0.5) is 5.69 Å². The molecule has 10 heteroatoms. The number of aromatic carboxylic acids is 1. The molecule has 134 valence electrons. The Balaban J connectivity index is 0.00000261. The van der Waals surface area contributed by atoms with Crippen LogP contribution in [0.5, 0.6) is 5.75 Å². The molecule has 0 aliphatic heterocycles. The van der Waals surface area contributed by atoms with Gasteiger partial charge in [-0.3, -0.25) is 9.52 Å². The third-order valence-corrected chi connectivity index (χ3v) is 5.06. The largest absolute Gasteiger partial charge is 1.00 e. The molecule has 3 aromatic rings. The summed E-state index contributed by atoms with van der Waals surface area (Å²) in [4.78, 5) is 25.0. The number of rotatable bonds is 5. The number of hydrogen-bond acceptors (Lipinski definition) is 6. The first-order valence-corrected chi connectivity index (χ1v) is 8.84. The van der Waals surface area contributed by atoms with Crippen molar-refractivity contribution in [2.75, 3.05) is 11.8 Å². The summed E-state index contributed by atoms with van der Waals surface area (Å²) in [5.41, 5.74) is -0.595. The zero-order valence-electron chi connectivity index (χ0n) is 14.5. The molecule has 27 heavy (non-hydrogen) atoms. The molecule has 0 aliphatic carbocycles. The van der Waals surface area contributed by atoms with Crippen LogP contribution >= 0.6 is 0 Å². The predicted octanol–water partition coefficient (Wildman–Crippen LogP) is -2.29. The van der Waals surface area contributed by atoms with E-state index in [1.807, 2.05) is 0 Å². The summed E-state index contributed by atoms with van der Waals surface area (Å²) >= 11 is 0. The smallest absolute Gasteiger partial charge is 0.545 e. The third-order valence-electron chi connectivity index (χ3n) is 3.70. The minimum Gasteiger partial charge on any atom is -0.545 e. The fraction of sp³-hybridized carbons (Fsp3) is 0.0588. The van der Waals surface area contributed by atoms with Crippen molar-refractivity contribution in [1.29, 1.82) is 0 Å². The van der Waals surface area contributed by atoms with Gasteiger partial charge in [-0.1, -0.05) is 12.1 Å². The quantitative estimate of drug-likeness (QED) is 0.454. The number of ether oxygens (including phenoxy) is 1. The summed E-state index contributed by atoms with van der Waals surface area (Å²) in [5, 5.41) is 11.3. The molecule has 0 saturated heterocycles. The molecule has 0 atom stereocenters. The minimum atomic E-state index is -4.03. The molecule has 8 nitrogen and oxygen atoms in total. The van der Waals surface area contributed by atoms with E-state index in [-0.39, 0.29) is 72.9 Å². The fourth-order valence-electron chi connectivity index (χ4n) is 2.50. The zero-order valence-corrected chi connectivity index (χ0v) is 18.4. The van der Waals surface area contributed by atoms with Gasteiger partial charge >= 0.3 is 51.4 Å². The van der Waals surface area contributed by atoms with Crippen LogP contribution in [0.1, 0.15) is 10.4 Å². The Bertz CT molecular complexity index is 1170. The summed E-state index contributed by atoms with van der Waals surface area (Å²) in [6.07, 6.45) is 0. The molecule has 0 amide bonds. The molecule has 0 unspecified atom stereocenters. The Morgan fingerprint density at radius 1 is 1.15 bits per heavy atom. The Hall–Kier alpha value is -1.69. The number of fused-ring (bicyclic) bond motifs is 1. The van der Waals surface area contributed by atoms with E-state index in [4.69, 9.17) is 4.74 Å². The molecule has 0 bridgehead atoms. The van der Waals surface area contributed by atoms with Gasteiger partial charge in [0.2, 0.25) is 5.56 Å². The number of H-pyrrole nitrogens is 1. The fourth-order valence-corrected chi connectivity index (χ4v) is 3.60. The van der Waals surface area contributed by atoms with Gasteiger partial charge in [0.05, 0.1) is 23.7 Å². The first-order valence-electron chi connectivity index (χ1n) is 7.36. The van der Waals surface area contributed by atoms with Gasteiger partial charge in [-0.05, 0) is 30.3 Å². The number of pyridine rings is 1. The zero-order chi connectivity index (χ0) is 18.9. The Labute approximate surface area is 197 Å². The van der Waals surface area contributed by atoms with E-state index < -0.39 is 27.1 Å². The number of carboxylic acid groups (broad SMARTS) is 1. The van der Waals surface area contributed by atoms with E-state index in [1.165, 1.54) is 25.3 Å². The number of hydrogen-bond donors (Lipinski definition) is 2. The van der Waals surface area contributed by atoms with Crippen LogP contribution in [0.25, 0.3) is 10.9 Å². The van der Waals surface area contributed by atoms with Crippen LogP contribution in [-0.4, -0.2) is 26.5 Å². The maximum absolute atomic E-state index is 12.7. The van der Waals surface area contributed by atoms with E-state index in [2.05, 4.69) is 9.71 Å². The average molecular weight is 412 g/mol. The summed E-state index contributed by atoms with van der Waals surface area (Å²) in [6.45, 7) is 0. The van der Waals surface area contributed by atoms with Gasteiger partial charge in [0.15, 0.2) is 0 Å². The number of carbonyl (C=O) groups excluding carboxylic acids is 1. The van der Waals surface area contributed by atoms with Crippen LogP contribution in [0.15, 0.2) is 58.2 Å². The van der Waals surface area contributed by atoms with Gasteiger partial charge in [0.25, 0.3) is 10.0 Å². The number of benzene rings is 2. The molecule has 3 rings (SSSR count). The summed E-state index contributed by atoms with van der Waals surface area (Å²) < 4.78 is 32.8. The third kappa shape index (κ3) is 4.59. The van der Waals surface area contributed by atoms with Crippen molar-refractivity contribution < 1.29 is 74.4 Å². The first kappa shape index (κ1) is 21.6. The van der Waals surface area contributed by atoms with Crippen molar-refractivity contribution in [2.24, 2.45) is 0 Å². The van der Waals surface area contributed by atoms with Crippen LogP contribution in [0, 0.1) is 0 Å². The van der Waals surface area contributed by atoms with Crippen molar-refractivity contribution in [3.63, 3.8) is 0 Å². The van der Waals surface area contributed by atoms with Gasteiger partial charge in [-0.25, -0.2) is 8.42 Å². The molecular weight excluding hydrogens is 399 g/mol. The van der Waals surface area contributed by atoms with Gasteiger partial charge in [-0.15, -0.1) is 0 Å². The Kier molecular flexibility index (Phi) is 6.84. The second-order valence-electron chi connectivity index (χ2n) is 5.35. The average Bonchev–Trinajstić information content (AvgIpc) is 2.60. The number of para-hydroxylation sites is 2. The second-order valence-corrected chi connectivity index (χ2v) is 7.03. The molecule has 2 aromatic carbocycles. The van der Waals surface area contributed by atoms with Crippen LogP contribution in [0.3, 0.4) is 0 Å². The van der Waals surface area contributed by atoms with Gasteiger partial charge in [-0.2, -0.15) is 0 Å². The van der Waals surface area contributed by atoms with Gasteiger partial charge in [0, 0.05) is 22.5 Å². The van der Waals surface area contributed by atoms with Crippen LogP contribution < -0.4 is 71.5 Å². The van der Waals surface area contributed by atoms with E-state index in [9.17, 15) is 23.1 Å². The number of aromatic nitrogens is 1. The van der Waals surface area contributed by atoms with Gasteiger partial charge < -0.3 is 19.6 Å². The van der Waals surface area contributed by atoms with E-state index in [0.717, 1.165) is 12.1 Å². The number of methoxy groups -OCH3 is 1. The standard InChI is InChI=1S/C17H14N2O6S.K/c1-25-15-5-3-2-4-14(15)19-26(23,24)10-6-7-13-11(8-10)12(17(21)22)9-16(20)18-13;/h2-9,19H,1H3,(H,18,20)(H,21,22);/q;+1/p-1. The number of sulfonamides is 1. The minimum absolute atomic E-state index is 0. The Morgan fingerprint density at radius 3 is 2.52 bits per heavy atom. The molecule has 0 spiro atoms. The van der Waals surface area contributed by atoms with Crippen molar-refractivity contribution in [3.05, 3.63) is 64.4 Å². The maximum Gasteiger partial charge on any atom is 1.00 e. The number of carbonyl (C=O) groups is 1. The predicted molar refractivity (Wildman–Crippen MR) is 92.7 cm³/mol. The number of anilines is 1. The normalized spacial score (nSPS) is 10.9. The molecule has 0 fully saturated rings. The number of carboxylic acids is 1. The van der Waals surface area contributed by atoms with Crippen molar-refractivity contribution >= 4 is 32.6 Å². The SMILES string of the molecule is COc1ccccc1NS(=O)(=O)c1ccc2[nH]c(=O)cc(C(=O)[O-])c2c1.[K+]. The van der Waals surface area contributed by atoms with Crippen LogP contribution in [0.2, 0.25) is 0 Å². The van der Waals surface area contributed by atoms with E-state index in [0.29, 0.717) is 5.75 Å². The summed E-state index contributed by atoms with van der Waals surface area (Å²) in [6, 6.07) is 11.0. The topological polar surface area (TPSA) is 128 Å². The molecule has 0 saturated carbocycles. The molecule has 1 heterocycles. The molecule has 0 radical (unpaired) electrons. The Morgan fingerprint density at radius 2 is 1.85 bits per heavy atom. The van der Waals surface area contributed by atoms with Crippen molar-refractivity contribution in [1.82, 2.24) is 4.98 Å². The summed E-state index contributed by atoms with van der Waals surface area (Å²) in [5.74, 6) is -1.25. The summed E-state index contributed by atoms with van der Waals surface area (Å²) in [7, 11) is -2.62. The second kappa shape index (κ2) is 8.55. The van der Waals surface area contributed by atoms with Crippen molar-refractivity contribution in [2.45, 2.75) is 4.90 Å². The number of aromatic amines is 1. The monoisotopic (exact) mass is 412 g/mol. The first-order chi connectivity index (χ1) is 12.3. The molecule has 1 aromatic heterocycles. The molecule has 2 N–H and O–H groups in total. The molecular formula is C17H13KN2O6S. The number of nitrogens with one attached hydrogen (secondary N) is 2. The van der Waals surface area contributed by atoms with E-state index >= 15 is 0 Å². The van der Waals surface area contributed by atoms with Crippen molar-refractivity contribution in [3.8, 4) is 5.75 Å². The van der Waals surface area contributed by atoms with Gasteiger partial charge in [0.1, 0.15) is 5.75 Å². The maximum atomic E-state index is 12.7.